The van der Waals surface area contributed by atoms with Gasteiger partial charge >= 0.3 is 0 Å². The van der Waals surface area contributed by atoms with Gasteiger partial charge in [-0.05, 0) is 18.2 Å². The summed E-state index contributed by atoms with van der Waals surface area (Å²) in [4.78, 5) is 25.5. The van der Waals surface area contributed by atoms with Crippen molar-refractivity contribution >= 4 is 17.5 Å². The van der Waals surface area contributed by atoms with E-state index in [2.05, 4.69) is 15.6 Å². The zero-order chi connectivity index (χ0) is 14.4. The molecule has 0 aliphatic carbocycles. The maximum absolute atomic E-state index is 10.9. The molecule has 2 amide bonds. The summed E-state index contributed by atoms with van der Waals surface area (Å²) in [5.74, 6) is 1.15. The van der Waals surface area contributed by atoms with Gasteiger partial charge in [0.25, 0.3) is 11.8 Å². The average molecular weight is 278 g/mol. The Morgan fingerprint density at radius 2 is 2.10 bits per heavy atom. The highest BCUT2D eigenvalue weighted by Crippen LogP contribution is 2.31. The normalized spacial score (nSPS) is 15.4. The van der Waals surface area contributed by atoms with Gasteiger partial charge in [0.2, 0.25) is 0 Å². The number of rotatable bonds is 1. The van der Waals surface area contributed by atoms with Crippen LogP contribution in [0.3, 0.4) is 0 Å². The van der Waals surface area contributed by atoms with E-state index in [4.69, 9.17) is 9.47 Å². The molecule has 7 nitrogen and oxygen atoms in total. The molecule has 20 heavy (non-hydrogen) atoms. The number of carbonyl (C=O) groups is 2. The van der Waals surface area contributed by atoms with Crippen LogP contribution in [-0.2, 0) is 14.4 Å². The number of amides is 2. The molecule has 2 N–H and O–H groups in total. The van der Waals surface area contributed by atoms with E-state index in [0.29, 0.717) is 17.9 Å². The molecule has 0 aromatic heterocycles. The van der Waals surface area contributed by atoms with Crippen LogP contribution in [0.1, 0.15) is 6.42 Å². The van der Waals surface area contributed by atoms with Gasteiger partial charge < -0.3 is 19.6 Å². The summed E-state index contributed by atoms with van der Waals surface area (Å²) in [7, 11) is 1.59. The first-order chi connectivity index (χ1) is 9.69. The van der Waals surface area contributed by atoms with Gasteiger partial charge in [0.05, 0.1) is 19.2 Å². The third kappa shape index (κ3) is 3.64. The number of nitrogens with one attached hydrogen (secondary N) is 2. The Kier molecular flexibility index (Phi) is 4.43. The Bertz CT molecular complexity index is 542. The van der Waals surface area contributed by atoms with E-state index < -0.39 is 0 Å². The van der Waals surface area contributed by atoms with E-state index in [9.17, 15) is 9.59 Å². The van der Waals surface area contributed by atoms with E-state index in [1.165, 1.54) is 6.26 Å². The minimum atomic E-state index is -0.127. The van der Waals surface area contributed by atoms with Crippen LogP contribution in [0.15, 0.2) is 30.5 Å². The molecule has 0 saturated carbocycles. The predicted molar refractivity (Wildman–Crippen MR) is 70.1 cm³/mol. The Hall–Kier alpha value is -2.70. The molecule has 0 radical (unpaired) electrons. The molecule has 0 atom stereocenters. The molecule has 7 heteroatoms. The number of carbonyl (C=O) groups excluding carboxylic acids is 2. The van der Waals surface area contributed by atoms with E-state index in [0.717, 1.165) is 5.75 Å². The van der Waals surface area contributed by atoms with Crippen LogP contribution in [0, 0.1) is 0 Å². The number of anilines is 1. The first kappa shape index (κ1) is 13.7. The SMILES string of the molecule is COc1ccc2c(c1)OCC(=O)N2.O=C1CC=CON1. The third-order valence-electron chi connectivity index (χ3n) is 2.46. The zero-order valence-electron chi connectivity index (χ0n) is 10.8. The van der Waals surface area contributed by atoms with Gasteiger partial charge in [-0.25, -0.2) is 0 Å². The van der Waals surface area contributed by atoms with E-state index in [1.807, 2.05) is 0 Å². The van der Waals surface area contributed by atoms with Crippen molar-refractivity contribution in [3.05, 3.63) is 30.5 Å². The molecule has 0 unspecified atom stereocenters. The first-order valence-corrected chi connectivity index (χ1v) is 5.89. The Balaban J connectivity index is 0.000000178. The van der Waals surface area contributed by atoms with E-state index in [-0.39, 0.29) is 18.4 Å². The lowest BCUT2D eigenvalue weighted by molar-refractivity contribution is -0.130. The largest absolute Gasteiger partial charge is 0.497 e. The molecular formula is C13H14N2O5. The lowest BCUT2D eigenvalue weighted by Crippen LogP contribution is -2.25. The summed E-state index contributed by atoms with van der Waals surface area (Å²) in [6, 6.07) is 5.27. The molecule has 0 fully saturated rings. The third-order valence-corrected chi connectivity index (χ3v) is 2.46. The molecule has 106 valence electrons. The van der Waals surface area contributed by atoms with Gasteiger partial charge in [-0.15, -0.1) is 0 Å². The van der Waals surface area contributed by atoms with Crippen LogP contribution in [0.5, 0.6) is 11.5 Å². The molecule has 2 aliphatic heterocycles. The van der Waals surface area contributed by atoms with Crippen molar-refractivity contribution in [2.75, 3.05) is 19.0 Å². The molecule has 3 rings (SSSR count). The van der Waals surface area contributed by atoms with Crippen LogP contribution in [-0.4, -0.2) is 25.5 Å². The van der Waals surface area contributed by atoms with Crippen LogP contribution in [0.25, 0.3) is 0 Å². The fourth-order valence-electron chi connectivity index (χ4n) is 1.53. The van der Waals surface area contributed by atoms with Gasteiger partial charge in [0, 0.05) is 6.07 Å². The number of benzene rings is 1. The summed E-state index contributed by atoms with van der Waals surface area (Å²) < 4.78 is 10.2. The standard InChI is InChI=1S/C9H9NO3.C4H5NO2/c1-12-6-2-3-7-8(4-6)13-5-9(11)10-7;6-4-2-1-3-7-5-4/h2-4H,5H2,1H3,(H,10,11);1,3H,2H2,(H,5,6). The van der Waals surface area contributed by atoms with Crippen molar-refractivity contribution in [1.82, 2.24) is 5.48 Å². The minimum Gasteiger partial charge on any atom is -0.497 e. The summed E-state index contributed by atoms with van der Waals surface area (Å²) in [6.07, 6.45) is 3.53. The number of ether oxygens (including phenoxy) is 2. The Labute approximate surface area is 115 Å². The van der Waals surface area contributed by atoms with Crippen molar-refractivity contribution in [3.63, 3.8) is 0 Å². The Morgan fingerprint density at radius 1 is 1.25 bits per heavy atom. The second-order valence-electron chi connectivity index (χ2n) is 3.92. The molecule has 2 heterocycles. The summed E-state index contributed by atoms with van der Waals surface area (Å²) >= 11 is 0. The van der Waals surface area contributed by atoms with Gasteiger partial charge in [-0.1, -0.05) is 0 Å². The summed E-state index contributed by atoms with van der Waals surface area (Å²) in [6.45, 7) is 0.0696. The van der Waals surface area contributed by atoms with E-state index >= 15 is 0 Å². The van der Waals surface area contributed by atoms with Gasteiger partial charge in [0.15, 0.2) is 6.61 Å². The molecule has 1 aromatic carbocycles. The molecule has 1 aromatic rings. The smallest absolute Gasteiger partial charge is 0.262 e. The maximum Gasteiger partial charge on any atom is 0.262 e. The van der Waals surface area contributed by atoms with Crippen molar-refractivity contribution in [2.24, 2.45) is 0 Å². The first-order valence-electron chi connectivity index (χ1n) is 5.89. The summed E-state index contributed by atoms with van der Waals surface area (Å²) in [5, 5.41) is 2.69. The van der Waals surface area contributed by atoms with Crippen LogP contribution in [0.4, 0.5) is 5.69 Å². The Morgan fingerprint density at radius 3 is 2.70 bits per heavy atom. The zero-order valence-corrected chi connectivity index (χ0v) is 10.8. The fraction of sp³-hybridized carbons (Fsp3) is 0.231. The molecule has 0 saturated heterocycles. The van der Waals surface area contributed by atoms with Gasteiger partial charge in [0.1, 0.15) is 17.8 Å². The fourth-order valence-corrected chi connectivity index (χ4v) is 1.53. The van der Waals surface area contributed by atoms with Crippen LogP contribution in [0.2, 0.25) is 0 Å². The van der Waals surface area contributed by atoms with Crippen molar-refractivity contribution in [2.45, 2.75) is 6.42 Å². The lowest BCUT2D eigenvalue weighted by atomic mass is 10.2. The highest BCUT2D eigenvalue weighted by molar-refractivity contribution is 5.95. The lowest BCUT2D eigenvalue weighted by Gasteiger charge is -2.17. The van der Waals surface area contributed by atoms with E-state index in [1.54, 1.807) is 31.4 Å². The maximum atomic E-state index is 10.9. The number of hydroxylamine groups is 1. The number of fused-ring (bicyclic) bond motifs is 1. The van der Waals surface area contributed by atoms with Gasteiger partial charge in [-0.3, -0.25) is 9.59 Å². The van der Waals surface area contributed by atoms with Crippen LogP contribution >= 0.6 is 0 Å². The van der Waals surface area contributed by atoms with Crippen molar-refractivity contribution < 1.29 is 23.9 Å². The molecule has 2 aliphatic rings. The summed E-state index contributed by atoms with van der Waals surface area (Å²) in [5.41, 5.74) is 2.85. The molecular weight excluding hydrogens is 264 g/mol. The molecule has 0 bridgehead atoms. The predicted octanol–water partition coefficient (Wildman–Crippen LogP) is 0.978. The highest BCUT2D eigenvalue weighted by Gasteiger charge is 2.15. The molecule has 0 spiro atoms. The second-order valence-corrected chi connectivity index (χ2v) is 3.92. The quantitative estimate of drug-likeness (QED) is 0.799. The number of methoxy groups -OCH3 is 1. The monoisotopic (exact) mass is 278 g/mol. The second kappa shape index (κ2) is 6.46. The highest BCUT2D eigenvalue weighted by atomic mass is 16.6. The van der Waals surface area contributed by atoms with Crippen molar-refractivity contribution in [3.8, 4) is 11.5 Å². The van der Waals surface area contributed by atoms with Gasteiger partial charge in [-0.2, -0.15) is 5.48 Å². The number of hydrogen-bond donors (Lipinski definition) is 2. The minimum absolute atomic E-state index is 0.0696. The number of hydrogen-bond acceptors (Lipinski definition) is 5. The van der Waals surface area contributed by atoms with Crippen molar-refractivity contribution in [1.29, 1.82) is 0 Å². The van der Waals surface area contributed by atoms with Crippen LogP contribution < -0.4 is 20.3 Å². The topological polar surface area (TPSA) is 85.9 Å². The average Bonchev–Trinajstić information content (AvgIpc) is 2.48.